The molecule has 0 aromatic heterocycles. The summed E-state index contributed by atoms with van der Waals surface area (Å²) in [7, 11) is 3.05. The van der Waals surface area contributed by atoms with Gasteiger partial charge in [-0.3, -0.25) is 4.79 Å². The molecule has 0 aliphatic carbocycles. The lowest BCUT2D eigenvalue weighted by Crippen LogP contribution is -2.13. The fraction of sp³-hybridized carbons (Fsp3) is 0.105. The van der Waals surface area contributed by atoms with Crippen LogP contribution in [0, 0.1) is 0 Å². The highest BCUT2D eigenvalue weighted by Gasteiger charge is 2.18. The van der Waals surface area contributed by atoms with E-state index in [1.54, 1.807) is 19.2 Å². The van der Waals surface area contributed by atoms with Gasteiger partial charge in [-0.05, 0) is 35.0 Å². The van der Waals surface area contributed by atoms with Crippen LogP contribution in [0.15, 0.2) is 54.6 Å². The van der Waals surface area contributed by atoms with Gasteiger partial charge in [-0.25, -0.2) is 0 Å². The zero-order valence-corrected chi connectivity index (χ0v) is 13.5. The predicted octanol–water partition coefficient (Wildman–Crippen LogP) is 3.70. The summed E-state index contributed by atoms with van der Waals surface area (Å²) in [6.45, 7) is 0. The second kappa shape index (κ2) is 6.50. The zero-order valence-electron chi connectivity index (χ0n) is 13.5. The van der Waals surface area contributed by atoms with Crippen molar-refractivity contribution in [1.29, 1.82) is 0 Å². The minimum atomic E-state index is -0.559. The molecule has 0 unspecified atom stereocenters. The van der Waals surface area contributed by atoms with E-state index in [1.807, 2.05) is 42.5 Å². The van der Waals surface area contributed by atoms with Crippen molar-refractivity contribution in [1.82, 2.24) is 0 Å². The largest absolute Gasteiger partial charge is 0.494 e. The Balaban J connectivity index is 2.09. The van der Waals surface area contributed by atoms with E-state index in [4.69, 9.17) is 15.2 Å². The number of amides is 1. The molecule has 0 aliphatic heterocycles. The van der Waals surface area contributed by atoms with Gasteiger partial charge >= 0.3 is 0 Å². The minimum absolute atomic E-state index is 0.293. The Bertz CT molecular complexity index is 906. The van der Waals surface area contributed by atoms with Gasteiger partial charge in [-0.2, -0.15) is 0 Å². The van der Waals surface area contributed by atoms with Gasteiger partial charge in [0, 0.05) is 5.69 Å². The van der Waals surface area contributed by atoms with E-state index in [0.29, 0.717) is 22.7 Å². The Labute approximate surface area is 140 Å². The summed E-state index contributed by atoms with van der Waals surface area (Å²) in [5.74, 6) is 0.357. The van der Waals surface area contributed by atoms with Crippen LogP contribution in [-0.2, 0) is 0 Å². The molecule has 0 radical (unpaired) electrons. The smallest absolute Gasteiger partial charge is 0.252 e. The standard InChI is InChI=1S/C19H18N2O3/c1-23-16-10-9-15(19(20)22)18(24-2)17(16)21-14-8-7-12-5-3-4-6-13(12)11-14/h3-11,21H,1-2H3,(H2,20,22). The van der Waals surface area contributed by atoms with Gasteiger partial charge in [0.15, 0.2) is 5.75 Å². The van der Waals surface area contributed by atoms with Crippen molar-refractivity contribution in [3.8, 4) is 11.5 Å². The Hall–Kier alpha value is -3.21. The van der Waals surface area contributed by atoms with Gasteiger partial charge in [0.05, 0.1) is 19.8 Å². The lowest BCUT2D eigenvalue weighted by molar-refractivity contribution is 0.0997. The van der Waals surface area contributed by atoms with E-state index in [0.717, 1.165) is 16.5 Å². The Kier molecular flexibility index (Phi) is 4.24. The first-order valence-electron chi connectivity index (χ1n) is 7.44. The summed E-state index contributed by atoms with van der Waals surface area (Å²) in [6, 6.07) is 17.3. The molecule has 5 nitrogen and oxygen atoms in total. The first-order valence-corrected chi connectivity index (χ1v) is 7.44. The van der Waals surface area contributed by atoms with Crippen molar-refractivity contribution >= 4 is 28.1 Å². The molecule has 24 heavy (non-hydrogen) atoms. The number of fused-ring (bicyclic) bond motifs is 1. The van der Waals surface area contributed by atoms with E-state index in [-0.39, 0.29) is 0 Å². The number of hydrogen-bond donors (Lipinski definition) is 2. The van der Waals surface area contributed by atoms with E-state index >= 15 is 0 Å². The van der Waals surface area contributed by atoms with Crippen molar-refractivity contribution in [3.63, 3.8) is 0 Å². The molecule has 0 saturated carbocycles. The molecule has 0 spiro atoms. The van der Waals surface area contributed by atoms with Gasteiger partial charge < -0.3 is 20.5 Å². The van der Waals surface area contributed by atoms with E-state index in [2.05, 4.69) is 5.32 Å². The predicted molar refractivity (Wildman–Crippen MR) is 95.3 cm³/mol. The molecule has 3 N–H and O–H groups in total. The number of carbonyl (C=O) groups excluding carboxylic acids is 1. The van der Waals surface area contributed by atoms with Crippen molar-refractivity contribution in [3.05, 3.63) is 60.2 Å². The molecule has 3 aromatic rings. The molecule has 3 rings (SSSR count). The number of ether oxygens (including phenoxy) is 2. The summed E-state index contributed by atoms with van der Waals surface area (Å²) >= 11 is 0. The van der Waals surface area contributed by atoms with Gasteiger partial charge in [-0.15, -0.1) is 0 Å². The first kappa shape index (κ1) is 15.7. The molecule has 0 atom stereocenters. The molecule has 0 heterocycles. The number of benzene rings is 3. The van der Waals surface area contributed by atoms with Crippen molar-refractivity contribution in [2.45, 2.75) is 0 Å². The van der Waals surface area contributed by atoms with Crippen molar-refractivity contribution < 1.29 is 14.3 Å². The fourth-order valence-corrected chi connectivity index (χ4v) is 2.67. The first-order chi connectivity index (χ1) is 11.6. The summed E-state index contributed by atoms with van der Waals surface area (Å²) in [4.78, 5) is 11.6. The van der Waals surface area contributed by atoms with Gasteiger partial charge in [-0.1, -0.05) is 30.3 Å². The van der Waals surface area contributed by atoms with Crippen LogP contribution in [0.3, 0.4) is 0 Å². The van der Waals surface area contributed by atoms with E-state index < -0.39 is 5.91 Å². The molecule has 5 heteroatoms. The Morgan fingerprint density at radius 2 is 1.71 bits per heavy atom. The number of nitrogens with two attached hydrogens (primary N) is 1. The maximum Gasteiger partial charge on any atom is 0.252 e. The summed E-state index contributed by atoms with van der Waals surface area (Å²) in [5.41, 5.74) is 7.14. The van der Waals surface area contributed by atoms with Crippen LogP contribution in [0.2, 0.25) is 0 Å². The van der Waals surface area contributed by atoms with Crippen molar-refractivity contribution in [2.75, 3.05) is 19.5 Å². The van der Waals surface area contributed by atoms with Crippen LogP contribution >= 0.6 is 0 Å². The third-order valence-electron chi connectivity index (χ3n) is 3.83. The third kappa shape index (κ3) is 2.84. The zero-order chi connectivity index (χ0) is 17.1. The molecule has 0 aliphatic rings. The van der Waals surface area contributed by atoms with Crippen molar-refractivity contribution in [2.24, 2.45) is 5.73 Å². The lowest BCUT2D eigenvalue weighted by atomic mass is 10.1. The number of nitrogens with one attached hydrogen (secondary N) is 1. The molecule has 1 amide bonds. The topological polar surface area (TPSA) is 73.6 Å². The van der Waals surface area contributed by atoms with Crippen LogP contribution < -0.4 is 20.5 Å². The Morgan fingerprint density at radius 1 is 0.958 bits per heavy atom. The SMILES string of the molecule is COc1ccc(C(N)=O)c(OC)c1Nc1ccc2ccccc2c1. The number of rotatable bonds is 5. The quantitative estimate of drug-likeness (QED) is 0.751. The van der Waals surface area contributed by atoms with Gasteiger partial charge in [0.25, 0.3) is 5.91 Å². The van der Waals surface area contributed by atoms with Crippen LogP contribution in [0.25, 0.3) is 10.8 Å². The number of carbonyl (C=O) groups is 1. The molecular formula is C19H18N2O3. The summed E-state index contributed by atoms with van der Waals surface area (Å²) in [5, 5.41) is 5.52. The molecule has 0 fully saturated rings. The van der Waals surface area contributed by atoms with Crippen LogP contribution in [0.1, 0.15) is 10.4 Å². The van der Waals surface area contributed by atoms with Crippen LogP contribution in [0.5, 0.6) is 11.5 Å². The molecule has 0 saturated heterocycles. The highest BCUT2D eigenvalue weighted by atomic mass is 16.5. The maximum absolute atomic E-state index is 11.6. The summed E-state index contributed by atoms with van der Waals surface area (Å²) in [6.07, 6.45) is 0. The van der Waals surface area contributed by atoms with Crippen LogP contribution in [0.4, 0.5) is 11.4 Å². The molecule has 0 bridgehead atoms. The average Bonchev–Trinajstić information content (AvgIpc) is 2.61. The lowest BCUT2D eigenvalue weighted by Gasteiger charge is -2.17. The van der Waals surface area contributed by atoms with Gasteiger partial charge in [0.1, 0.15) is 11.4 Å². The van der Waals surface area contributed by atoms with Gasteiger partial charge in [0.2, 0.25) is 0 Å². The second-order valence-electron chi connectivity index (χ2n) is 5.27. The minimum Gasteiger partial charge on any atom is -0.494 e. The fourth-order valence-electron chi connectivity index (χ4n) is 2.67. The van der Waals surface area contributed by atoms with E-state index in [9.17, 15) is 4.79 Å². The maximum atomic E-state index is 11.6. The van der Waals surface area contributed by atoms with Crippen LogP contribution in [-0.4, -0.2) is 20.1 Å². The number of methoxy groups -OCH3 is 2. The third-order valence-corrected chi connectivity index (χ3v) is 3.83. The highest BCUT2D eigenvalue weighted by molar-refractivity contribution is 5.99. The average molecular weight is 322 g/mol. The molecular weight excluding hydrogens is 304 g/mol. The second-order valence-corrected chi connectivity index (χ2v) is 5.27. The number of primary amides is 1. The number of anilines is 2. The molecule has 122 valence electrons. The monoisotopic (exact) mass is 322 g/mol. The number of hydrogen-bond acceptors (Lipinski definition) is 4. The normalized spacial score (nSPS) is 10.4. The highest BCUT2D eigenvalue weighted by Crippen LogP contribution is 2.39. The molecule has 3 aromatic carbocycles. The Morgan fingerprint density at radius 3 is 2.38 bits per heavy atom. The van der Waals surface area contributed by atoms with E-state index in [1.165, 1.54) is 7.11 Å². The summed E-state index contributed by atoms with van der Waals surface area (Å²) < 4.78 is 10.8.